The highest BCUT2D eigenvalue weighted by molar-refractivity contribution is 5.82. The monoisotopic (exact) mass is 340 g/mol. The Labute approximate surface area is 151 Å². The number of nitrogens with zero attached hydrogens (tertiary/aromatic N) is 3. The van der Waals surface area contributed by atoms with Gasteiger partial charge in [0.25, 0.3) is 0 Å². The first-order valence-corrected chi connectivity index (χ1v) is 9.76. The standard InChI is InChI=1S/C21H32N4/c1-4-5-8-18-9-6-7-13-24(18)21-23-19-11-10-17(22)15-20(19)25(21)14-12-16(2)3/h10-12,15,18H,4-9,13-14,22H2,1-3H3/t18-/m0/s1. The fraction of sp³-hybridized carbons (Fsp3) is 0.571. The minimum atomic E-state index is 0.619. The van der Waals surface area contributed by atoms with E-state index in [4.69, 9.17) is 10.7 Å². The second-order valence-corrected chi connectivity index (χ2v) is 7.54. The molecule has 0 aliphatic carbocycles. The summed E-state index contributed by atoms with van der Waals surface area (Å²) in [6.07, 6.45) is 9.98. The molecule has 0 unspecified atom stereocenters. The minimum Gasteiger partial charge on any atom is -0.399 e. The molecular formula is C21H32N4. The average Bonchev–Trinajstić information content (AvgIpc) is 2.96. The Bertz CT molecular complexity index is 740. The number of nitrogen functional groups attached to an aromatic ring is 1. The fourth-order valence-electron chi connectivity index (χ4n) is 3.80. The van der Waals surface area contributed by atoms with Gasteiger partial charge in [-0.15, -0.1) is 0 Å². The van der Waals surface area contributed by atoms with Gasteiger partial charge in [0.05, 0.1) is 11.0 Å². The molecule has 3 rings (SSSR count). The maximum atomic E-state index is 6.06. The van der Waals surface area contributed by atoms with Crippen molar-refractivity contribution in [3.05, 3.63) is 29.8 Å². The molecule has 4 nitrogen and oxygen atoms in total. The van der Waals surface area contributed by atoms with Crippen LogP contribution >= 0.6 is 0 Å². The topological polar surface area (TPSA) is 47.1 Å². The maximum Gasteiger partial charge on any atom is 0.207 e. The average molecular weight is 341 g/mol. The van der Waals surface area contributed by atoms with E-state index in [1.54, 1.807) is 0 Å². The number of aromatic nitrogens is 2. The van der Waals surface area contributed by atoms with Crippen molar-refractivity contribution in [3.8, 4) is 0 Å². The van der Waals surface area contributed by atoms with E-state index in [-0.39, 0.29) is 0 Å². The molecule has 1 aliphatic rings. The summed E-state index contributed by atoms with van der Waals surface area (Å²) in [5.74, 6) is 1.12. The van der Waals surface area contributed by atoms with Crippen molar-refractivity contribution in [2.24, 2.45) is 0 Å². The van der Waals surface area contributed by atoms with Crippen LogP contribution in [0.25, 0.3) is 11.0 Å². The van der Waals surface area contributed by atoms with Crippen molar-refractivity contribution >= 4 is 22.7 Å². The molecule has 1 aliphatic heterocycles. The molecule has 1 aromatic carbocycles. The number of unbranched alkanes of at least 4 members (excludes halogenated alkanes) is 1. The number of fused-ring (bicyclic) bond motifs is 1. The van der Waals surface area contributed by atoms with E-state index in [2.05, 4.69) is 48.4 Å². The van der Waals surface area contributed by atoms with Gasteiger partial charge in [0.2, 0.25) is 5.95 Å². The molecule has 1 fully saturated rings. The largest absolute Gasteiger partial charge is 0.399 e. The van der Waals surface area contributed by atoms with Crippen molar-refractivity contribution in [2.75, 3.05) is 17.2 Å². The van der Waals surface area contributed by atoms with Crippen LogP contribution in [0.4, 0.5) is 11.6 Å². The number of piperidine rings is 1. The van der Waals surface area contributed by atoms with E-state index in [1.807, 2.05) is 6.07 Å². The third kappa shape index (κ3) is 4.00. The maximum absolute atomic E-state index is 6.06. The Morgan fingerprint density at radius 3 is 2.92 bits per heavy atom. The smallest absolute Gasteiger partial charge is 0.207 e. The Kier molecular flexibility index (Phi) is 5.67. The highest BCUT2D eigenvalue weighted by Gasteiger charge is 2.26. The van der Waals surface area contributed by atoms with Crippen molar-refractivity contribution in [1.29, 1.82) is 0 Å². The third-order valence-electron chi connectivity index (χ3n) is 5.21. The van der Waals surface area contributed by atoms with Gasteiger partial charge in [-0.3, -0.25) is 0 Å². The fourth-order valence-corrected chi connectivity index (χ4v) is 3.80. The van der Waals surface area contributed by atoms with Crippen molar-refractivity contribution in [2.45, 2.75) is 71.9 Å². The second kappa shape index (κ2) is 7.94. The molecule has 0 radical (unpaired) electrons. The zero-order chi connectivity index (χ0) is 17.8. The number of benzene rings is 1. The first kappa shape index (κ1) is 17.8. The summed E-state index contributed by atoms with van der Waals surface area (Å²) in [4.78, 5) is 7.58. The van der Waals surface area contributed by atoms with Gasteiger partial charge in [0.15, 0.2) is 0 Å². The van der Waals surface area contributed by atoms with Gasteiger partial charge in [0.1, 0.15) is 0 Å². The van der Waals surface area contributed by atoms with Gasteiger partial charge >= 0.3 is 0 Å². The molecule has 0 spiro atoms. The van der Waals surface area contributed by atoms with Gasteiger partial charge in [-0.25, -0.2) is 4.98 Å². The quantitative estimate of drug-likeness (QED) is 0.585. The summed E-state index contributed by atoms with van der Waals surface area (Å²) in [6.45, 7) is 8.55. The van der Waals surface area contributed by atoms with Crippen LogP contribution in [0.2, 0.25) is 0 Å². The number of rotatable bonds is 6. The zero-order valence-corrected chi connectivity index (χ0v) is 16.0. The van der Waals surface area contributed by atoms with Gasteiger partial charge in [0, 0.05) is 24.8 Å². The number of anilines is 2. The Morgan fingerprint density at radius 2 is 2.16 bits per heavy atom. The predicted octanol–water partition coefficient (Wildman–Crippen LogP) is 5.13. The molecule has 2 N–H and O–H groups in total. The van der Waals surface area contributed by atoms with Crippen molar-refractivity contribution in [3.63, 3.8) is 0 Å². The molecule has 1 atom stereocenters. The lowest BCUT2D eigenvalue weighted by molar-refractivity contribution is 0.418. The number of hydrogen-bond acceptors (Lipinski definition) is 3. The summed E-state index contributed by atoms with van der Waals surface area (Å²) in [7, 11) is 0. The first-order valence-electron chi connectivity index (χ1n) is 9.76. The summed E-state index contributed by atoms with van der Waals surface area (Å²) >= 11 is 0. The summed E-state index contributed by atoms with van der Waals surface area (Å²) in [5, 5.41) is 0. The number of imidazole rings is 1. The number of hydrogen-bond donors (Lipinski definition) is 1. The number of nitrogens with two attached hydrogens (primary N) is 1. The van der Waals surface area contributed by atoms with E-state index >= 15 is 0 Å². The summed E-state index contributed by atoms with van der Waals surface area (Å²) < 4.78 is 2.35. The Balaban J connectivity index is 2.03. The van der Waals surface area contributed by atoms with E-state index in [0.717, 1.165) is 35.8 Å². The van der Waals surface area contributed by atoms with Gasteiger partial charge in [-0.1, -0.05) is 31.4 Å². The Hall–Kier alpha value is -1.97. The molecule has 1 aromatic heterocycles. The van der Waals surface area contributed by atoms with Crippen LogP contribution in [0.3, 0.4) is 0 Å². The SMILES string of the molecule is CCCC[C@H]1CCCCN1c1nc2ccc(N)cc2n1CC=C(C)C. The van der Waals surface area contributed by atoms with Crippen molar-refractivity contribution in [1.82, 2.24) is 9.55 Å². The highest BCUT2D eigenvalue weighted by Crippen LogP contribution is 2.31. The lowest BCUT2D eigenvalue weighted by Gasteiger charge is -2.37. The molecular weight excluding hydrogens is 308 g/mol. The van der Waals surface area contributed by atoms with E-state index < -0.39 is 0 Å². The molecule has 4 heteroatoms. The molecule has 136 valence electrons. The van der Waals surface area contributed by atoms with E-state index in [0.29, 0.717) is 6.04 Å². The molecule has 25 heavy (non-hydrogen) atoms. The van der Waals surface area contributed by atoms with E-state index in [9.17, 15) is 0 Å². The molecule has 0 amide bonds. The zero-order valence-electron chi connectivity index (χ0n) is 16.0. The van der Waals surface area contributed by atoms with Gasteiger partial charge in [-0.2, -0.15) is 0 Å². The lowest BCUT2D eigenvalue weighted by Crippen LogP contribution is -2.41. The van der Waals surface area contributed by atoms with Crippen LogP contribution in [0.5, 0.6) is 0 Å². The second-order valence-electron chi connectivity index (χ2n) is 7.54. The van der Waals surface area contributed by atoms with Crippen LogP contribution < -0.4 is 10.6 Å². The van der Waals surface area contributed by atoms with Gasteiger partial charge < -0.3 is 15.2 Å². The van der Waals surface area contributed by atoms with E-state index in [1.165, 1.54) is 44.1 Å². The third-order valence-corrected chi connectivity index (χ3v) is 5.21. The summed E-state index contributed by atoms with van der Waals surface area (Å²) in [6, 6.07) is 6.69. The minimum absolute atomic E-state index is 0.619. The normalized spacial score (nSPS) is 17.9. The van der Waals surface area contributed by atoms with Crippen LogP contribution in [-0.4, -0.2) is 22.1 Å². The Morgan fingerprint density at radius 1 is 1.32 bits per heavy atom. The van der Waals surface area contributed by atoms with Gasteiger partial charge in [-0.05, 0) is 57.7 Å². The molecule has 2 aromatic rings. The predicted molar refractivity (Wildman–Crippen MR) is 108 cm³/mol. The van der Waals surface area contributed by atoms with Crippen molar-refractivity contribution < 1.29 is 0 Å². The molecule has 0 bridgehead atoms. The summed E-state index contributed by atoms with van der Waals surface area (Å²) in [5.41, 5.74) is 10.4. The molecule has 0 saturated carbocycles. The number of allylic oxidation sites excluding steroid dienone is 2. The molecule has 1 saturated heterocycles. The lowest BCUT2D eigenvalue weighted by atomic mass is 9.98. The molecule has 2 heterocycles. The van der Waals surface area contributed by atoms with Crippen LogP contribution in [0, 0.1) is 0 Å². The van der Waals surface area contributed by atoms with Crippen LogP contribution in [-0.2, 0) is 6.54 Å². The first-order chi connectivity index (χ1) is 12.1. The van der Waals surface area contributed by atoms with Crippen LogP contribution in [0.15, 0.2) is 29.8 Å². The van der Waals surface area contributed by atoms with Crippen LogP contribution in [0.1, 0.15) is 59.3 Å². The highest BCUT2D eigenvalue weighted by atomic mass is 15.3.